The predicted octanol–water partition coefficient (Wildman–Crippen LogP) is 2.44. The summed E-state index contributed by atoms with van der Waals surface area (Å²) < 4.78 is 0. The van der Waals surface area contributed by atoms with E-state index in [0.717, 1.165) is 5.41 Å². The minimum absolute atomic E-state index is 0.984. The Morgan fingerprint density at radius 3 is 2.70 bits per heavy atom. The van der Waals surface area contributed by atoms with Crippen LogP contribution in [0.5, 0.6) is 0 Å². The first-order valence-corrected chi connectivity index (χ1v) is 4.87. The summed E-state index contributed by atoms with van der Waals surface area (Å²) in [5, 5.41) is 0. The first-order chi connectivity index (χ1) is 4.87. The Labute approximate surface area is 62.0 Å². The Hall–Kier alpha value is 0. The van der Waals surface area contributed by atoms with Gasteiger partial charge >= 0.3 is 0 Å². The molecular weight excluding hydrogens is 120 g/mol. The Morgan fingerprint density at radius 1 is 0.900 bits per heavy atom. The predicted molar refractivity (Wildman–Crippen MR) is 39.5 cm³/mol. The van der Waals surface area contributed by atoms with Gasteiger partial charge in [0.1, 0.15) is 0 Å². The lowest BCUT2D eigenvalue weighted by molar-refractivity contribution is 0.140. The van der Waals surface area contributed by atoms with Crippen molar-refractivity contribution in [1.29, 1.82) is 0 Å². The molecule has 0 heteroatoms. The molecule has 3 atom stereocenters. The van der Waals surface area contributed by atoms with Crippen molar-refractivity contribution in [3.63, 3.8) is 0 Å². The molecule has 0 radical (unpaired) electrons. The van der Waals surface area contributed by atoms with E-state index in [1.54, 1.807) is 32.1 Å². The lowest BCUT2D eigenvalue weighted by Gasteiger charge is -2.36. The topological polar surface area (TPSA) is 0 Å². The van der Waals surface area contributed by atoms with Crippen molar-refractivity contribution in [2.75, 3.05) is 0 Å². The van der Waals surface area contributed by atoms with Gasteiger partial charge in [-0.25, -0.2) is 0 Å². The van der Waals surface area contributed by atoms with Crippen LogP contribution in [0.4, 0.5) is 0 Å². The van der Waals surface area contributed by atoms with Crippen LogP contribution in [-0.4, -0.2) is 0 Å². The van der Waals surface area contributed by atoms with E-state index >= 15 is 0 Å². The van der Waals surface area contributed by atoms with Crippen molar-refractivity contribution in [3.8, 4) is 0 Å². The standard InChI is InChI=1S/C10H14/c1-6-2-9(6)7-3-10(4-7)5-8(1)10/h6-9H,1-5H2. The summed E-state index contributed by atoms with van der Waals surface area (Å²) in [6, 6.07) is 0. The molecule has 10 heavy (non-hydrogen) atoms. The summed E-state index contributed by atoms with van der Waals surface area (Å²) in [7, 11) is 0. The fraction of sp³-hybridized carbons (Fsp3) is 1.00. The molecule has 1 spiro atoms. The van der Waals surface area contributed by atoms with Crippen molar-refractivity contribution >= 4 is 0 Å². The van der Waals surface area contributed by atoms with E-state index in [0.29, 0.717) is 0 Å². The summed E-state index contributed by atoms with van der Waals surface area (Å²) in [5.74, 6) is 4.90. The van der Waals surface area contributed by atoms with E-state index in [-0.39, 0.29) is 0 Å². The smallest absolute Gasteiger partial charge is 0.0261 e. The SMILES string of the molecule is C1C2CC3CC34CC(C4)C12. The molecule has 0 aliphatic heterocycles. The molecule has 0 aromatic rings. The molecule has 0 aromatic carbocycles. The maximum absolute atomic E-state index is 1.65. The van der Waals surface area contributed by atoms with Crippen molar-refractivity contribution in [2.45, 2.75) is 32.1 Å². The Morgan fingerprint density at radius 2 is 1.80 bits per heavy atom. The van der Waals surface area contributed by atoms with E-state index in [4.69, 9.17) is 0 Å². The van der Waals surface area contributed by atoms with Gasteiger partial charge in [-0.05, 0) is 61.2 Å². The van der Waals surface area contributed by atoms with Crippen molar-refractivity contribution in [1.82, 2.24) is 0 Å². The molecule has 5 aliphatic carbocycles. The van der Waals surface area contributed by atoms with Gasteiger partial charge in [-0.3, -0.25) is 0 Å². The largest absolute Gasteiger partial charge is 0.0468 e. The Bertz CT molecular complexity index is 200. The quantitative estimate of drug-likeness (QED) is 0.477. The van der Waals surface area contributed by atoms with E-state index in [1.165, 1.54) is 23.7 Å². The summed E-state index contributed by atoms with van der Waals surface area (Å²) in [5.41, 5.74) is 0.984. The lowest BCUT2D eigenvalue weighted by Crippen LogP contribution is -2.26. The average Bonchev–Trinajstić information content (AvgIpc) is 2.47. The van der Waals surface area contributed by atoms with Gasteiger partial charge in [0.05, 0.1) is 0 Å². The normalized spacial score (nSPS) is 74.4. The highest BCUT2D eigenvalue weighted by atomic mass is 14.7. The zero-order valence-corrected chi connectivity index (χ0v) is 6.34. The molecule has 5 fully saturated rings. The van der Waals surface area contributed by atoms with Gasteiger partial charge in [-0.2, -0.15) is 0 Å². The molecule has 54 valence electrons. The number of rotatable bonds is 0. The third kappa shape index (κ3) is 0.360. The second-order valence-corrected chi connectivity index (χ2v) is 5.33. The van der Waals surface area contributed by atoms with Crippen LogP contribution in [0.15, 0.2) is 0 Å². The third-order valence-corrected chi connectivity index (χ3v) is 4.87. The Kier molecular flexibility index (Phi) is 0.522. The van der Waals surface area contributed by atoms with Gasteiger partial charge < -0.3 is 0 Å². The van der Waals surface area contributed by atoms with E-state index in [2.05, 4.69) is 0 Å². The van der Waals surface area contributed by atoms with Gasteiger partial charge in [0, 0.05) is 0 Å². The molecule has 5 rings (SSSR count). The first-order valence-electron chi connectivity index (χ1n) is 4.87. The van der Waals surface area contributed by atoms with Crippen LogP contribution >= 0.6 is 0 Å². The Balaban J connectivity index is 1.77. The molecule has 0 aromatic heterocycles. The highest BCUT2D eigenvalue weighted by Gasteiger charge is 2.68. The van der Waals surface area contributed by atoms with Crippen molar-refractivity contribution in [3.05, 3.63) is 0 Å². The van der Waals surface area contributed by atoms with Gasteiger partial charge in [0.15, 0.2) is 0 Å². The molecule has 0 N–H and O–H groups in total. The van der Waals surface area contributed by atoms with Crippen molar-refractivity contribution < 1.29 is 0 Å². The van der Waals surface area contributed by atoms with Crippen LogP contribution in [0.1, 0.15) is 32.1 Å². The molecule has 0 saturated heterocycles. The third-order valence-electron chi connectivity index (χ3n) is 4.87. The number of hydrogen-bond acceptors (Lipinski definition) is 0. The van der Waals surface area contributed by atoms with Crippen molar-refractivity contribution in [2.24, 2.45) is 29.1 Å². The molecule has 5 aliphatic rings. The van der Waals surface area contributed by atoms with Crippen LogP contribution < -0.4 is 0 Å². The summed E-state index contributed by atoms with van der Waals surface area (Å²) >= 11 is 0. The molecule has 3 unspecified atom stereocenters. The van der Waals surface area contributed by atoms with Gasteiger partial charge in [0.2, 0.25) is 0 Å². The maximum atomic E-state index is 1.65. The maximum Gasteiger partial charge on any atom is -0.0261 e. The van der Waals surface area contributed by atoms with Crippen LogP contribution in [0.25, 0.3) is 0 Å². The molecule has 0 nitrogen and oxygen atoms in total. The minimum Gasteiger partial charge on any atom is -0.0468 e. The summed E-state index contributed by atoms with van der Waals surface area (Å²) in [6.07, 6.45) is 8.20. The molecule has 0 amide bonds. The fourth-order valence-corrected chi connectivity index (χ4v) is 4.04. The fourth-order valence-electron chi connectivity index (χ4n) is 4.04. The second-order valence-electron chi connectivity index (χ2n) is 5.33. The first kappa shape index (κ1) is 4.79. The second kappa shape index (κ2) is 1.09. The monoisotopic (exact) mass is 134 g/mol. The summed E-state index contributed by atoms with van der Waals surface area (Å²) in [4.78, 5) is 0. The van der Waals surface area contributed by atoms with Crippen LogP contribution in [0.2, 0.25) is 0 Å². The van der Waals surface area contributed by atoms with Gasteiger partial charge in [-0.15, -0.1) is 0 Å². The minimum atomic E-state index is 0.984. The molecule has 0 heterocycles. The zero-order chi connectivity index (χ0) is 6.34. The van der Waals surface area contributed by atoms with Crippen LogP contribution in [0, 0.1) is 29.1 Å². The molecular formula is C10H14. The molecule has 5 saturated carbocycles. The zero-order valence-electron chi connectivity index (χ0n) is 6.34. The van der Waals surface area contributed by atoms with E-state index < -0.39 is 0 Å². The number of hydrogen-bond donors (Lipinski definition) is 0. The average molecular weight is 134 g/mol. The van der Waals surface area contributed by atoms with E-state index in [9.17, 15) is 0 Å². The van der Waals surface area contributed by atoms with Crippen LogP contribution in [0.3, 0.4) is 0 Å². The highest BCUT2D eigenvalue weighted by Crippen LogP contribution is 2.78. The van der Waals surface area contributed by atoms with Crippen LogP contribution in [-0.2, 0) is 0 Å². The van der Waals surface area contributed by atoms with Gasteiger partial charge in [0.25, 0.3) is 0 Å². The summed E-state index contributed by atoms with van der Waals surface area (Å²) in [6.45, 7) is 0. The molecule has 2 bridgehead atoms. The lowest BCUT2D eigenvalue weighted by atomic mass is 9.69. The highest BCUT2D eigenvalue weighted by molar-refractivity contribution is 5.18. The van der Waals surface area contributed by atoms with Gasteiger partial charge in [-0.1, -0.05) is 0 Å². The van der Waals surface area contributed by atoms with E-state index in [1.807, 2.05) is 0 Å².